The van der Waals surface area contributed by atoms with Crippen molar-refractivity contribution in [2.75, 3.05) is 0 Å². The van der Waals surface area contributed by atoms with Crippen molar-refractivity contribution in [3.8, 4) is 0 Å². The van der Waals surface area contributed by atoms with Crippen LogP contribution in [0.15, 0.2) is 12.1 Å². The molecule has 0 amide bonds. The summed E-state index contributed by atoms with van der Waals surface area (Å²) >= 11 is 7.87. The second-order valence-corrected chi connectivity index (χ2v) is 3.93. The molecule has 1 aromatic carbocycles. The van der Waals surface area contributed by atoms with Crippen molar-refractivity contribution in [2.45, 2.75) is 6.92 Å². The van der Waals surface area contributed by atoms with Gasteiger partial charge in [-0.3, -0.25) is 0 Å². The fourth-order valence-electron chi connectivity index (χ4n) is 0.850. The molecule has 12 heavy (non-hydrogen) atoms. The first-order valence-corrected chi connectivity index (χ1v) is 4.67. The molecule has 0 saturated heterocycles. The van der Waals surface area contributed by atoms with Crippen LogP contribution in [0.25, 0.3) is 0 Å². The number of carbonyl (C=O) groups is 1. The summed E-state index contributed by atoms with van der Waals surface area (Å²) in [5, 5.41) is 9.30. The van der Waals surface area contributed by atoms with Crippen LogP contribution in [-0.2, 0) is 0 Å². The molecule has 0 fully saturated rings. The van der Waals surface area contributed by atoms with Gasteiger partial charge in [-0.1, -0.05) is 11.6 Å². The minimum atomic E-state index is -0.923. The summed E-state index contributed by atoms with van der Waals surface area (Å²) in [5.41, 5.74) is 1.07. The fraction of sp³-hybridized carbons (Fsp3) is 0.125. The van der Waals surface area contributed by atoms with E-state index < -0.39 is 5.97 Å². The van der Waals surface area contributed by atoms with Gasteiger partial charge in [0, 0.05) is 3.57 Å². The molecule has 0 aliphatic carbocycles. The highest BCUT2D eigenvalue weighted by molar-refractivity contribution is 14.1. The van der Waals surface area contributed by atoms with Crippen LogP contribution in [0.4, 0.5) is 0 Å². The Morgan fingerprint density at radius 1 is 1.58 bits per heavy atom. The van der Waals surface area contributed by atoms with Gasteiger partial charge < -0.3 is 5.11 Å². The van der Waals surface area contributed by atoms with Crippen LogP contribution in [0.3, 0.4) is 0 Å². The fourth-order valence-corrected chi connectivity index (χ4v) is 1.72. The molecule has 4 heteroatoms. The van der Waals surface area contributed by atoms with Crippen LogP contribution in [0.5, 0.6) is 0 Å². The Balaban J connectivity index is 3.31. The summed E-state index contributed by atoms with van der Waals surface area (Å²) in [7, 11) is 0. The summed E-state index contributed by atoms with van der Waals surface area (Å²) in [6, 6.07) is 3.12. The Kier molecular flexibility index (Phi) is 2.95. The lowest BCUT2D eigenvalue weighted by Crippen LogP contribution is -1.97. The van der Waals surface area contributed by atoms with Crippen molar-refractivity contribution < 1.29 is 9.90 Å². The molecular formula is C8H6ClIO2. The first kappa shape index (κ1) is 9.80. The maximum atomic E-state index is 10.6. The second kappa shape index (κ2) is 3.62. The highest BCUT2D eigenvalue weighted by Crippen LogP contribution is 2.23. The zero-order valence-electron chi connectivity index (χ0n) is 6.27. The Hall–Kier alpha value is -0.290. The lowest BCUT2D eigenvalue weighted by atomic mass is 10.1. The van der Waals surface area contributed by atoms with Crippen LogP contribution >= 0.6 is 34.2 Å². The molecule has 1 aromatic rings. The molecule has 0 aliphatic heterocycles. The predicted octanol–water partition coefficient (Wildman–Crippen LogP) is 2.95. The number of halogens is 2. The van der Waals surface area contributed by atoms with Gasteiger partial charge in [-0.05, 0) is 47.2 Å². The van der Waals surface area contributed by atoms with Crippen molar-refractivity contribution in [3.05, 3.63) is 31.9 Å². The normalized spacial score (nSPS) is 9.92. The zero-order valence-corrected chi connectivity index (χ0v) is 9.18. The van der Waals surface area contributed by atoms with Crippen molar-refractivity contribution in [2.24, 2.45) is 0 Å². The van der Waals surface area contributed by atoms with E-state index >= 15 is 0 Å². The number of aryl methyl sites for hydroxylation is 1. The van der Waals surface area contributed by atoms with Crippen molar-refractivity contribution in [1.29, 1.82) is 0 Å². The topological polar surface area (TPSA) is 37.3 Å². The number of aromatic carboxylic acids is 1. The molecule has 64 valence electrons. The van der Waals surface area contributed by atoms with Gasteiger partial charge >= 0.3 is 5.97 Å². The van der Waals surface area contributed by atoms with Gasteiger partial charge in [-0.2, -0.15) is 0 Å². The number of carboxylic acid groups (broad SMARTS) is 1. The van der Waals surface area contributed by atoms with Gasteiger partial charge in [0.05, 0.1) is 10.6 Å². The van der Waals surface area contributed by atoms with Gasteiger partial charge in [0.1, 0.15) is 0 Å². The number of rotatable bonds is 1. The lowest BCUT2D eigenvalue weighted by molar-refractivity contribution is 0.0696. The number of hydrogen-bond donors (Lipinski definition) is 1. The lowest BCUT2D eigenvalue weighted by Gasteiger charge is -2.02. The largest absolute Gasteiger partial charge is 0.478 e. The van der Waals surface area contributed by atoms with Gasteiger partial charge in [0.2, 0.25) is 0 Å². The van der Waals surface area contributed by atoms with Crippen LogP contribution in [-0.4, -0.2) is 11.1 Å². The molecule has 0 unspecified atom stereocenters. The summed E-state index contributed by atoms with van der Waals surface area (Å²) in [6.45, 7) is 1.79. The average Bonchev–Trinajstić information content (AvgIpc) is 1.99. The van der Waals surface area contributed by atoms with E-state index in [9.17, 15) is 4.79 Å². The Morgan fingerprint density at radius 3 is 2.58 bits per heavy atom. The highest BCUT2D eigenvalue weighted by atomic mass is 127. The van der Waals surface area contributed by atoms with E-state index in [1.54, 1.807) is 19.1 Å². The summed E-state index contributed by atoms with van der Waals surface area (Å²) in [6.07, 6.45) is 0. The van der Waals surface area contributed by atoms with Gasteiger partial charge in [-0.25, -0.2) is 4.79 Å². The number of carboxylic acids is 1. The zero-order chi connectivity index (χ0) is 9.30. The smallest absolute Gasteiger partial charge is 0.335 e. The second-order valence-electron chi connectivity index (χ2n) is 2.39. The molecule has 0 spiro atoms. The number of benzene rings is 1. The quantitative estimate of drug-likeness (QED) is 0.809. The summed E-state index contributed by atoms with van der Waals surface area (Å²) in [5.74, 6) is -0.923. The van der Waals surface area contributed by atoms with Gasteiger partial charge in [-0.15, -0.1) is 0 Å². The number of hydrogen-bond acceptors (Lipinski definition) is 1. The van der Waals surface area contributed by atoms with E-state index in [-0.39, 0.29) is 5.56 Å². The Bertz CT molecular complexity index is 313. The molecule has 1 rings (SSSR count). The average molecular weight is 296 g/mol. The first-order valence-electron chi connectivity index (χ1n) is 3.21. The van der Waals surface area contributed by atoms with Gasteiger partial charge in [0.25, 0.3) is 0 Å². The van der Waals surface area contributed by atoms with Crippen LogP contribution in [0.2, 0.25) is 5.02 Å². The third kappa shape index (κ3) is 1.90. The van der Waals surface area contributed by atoms with E-state index in [0.717, 1.165) is 9.13 Å². The van der Waals surface area contributed by atoms with Crippen molar-refractivity contribution >= 4 is 40.2 Å². The Labute approximate surface area is 88.7 Å². The monoisotopic (exact) mass is 296 g/mol. The molecule has 0 aromatic heterocycles. The molecule has 0 bridgehead atoms. The third-order valence-electron chi connectivity index (χ3n) is 1.46. The van der Waals surface area contributed by atoms with Crippen LogP contribution in [0.1, 0.15) is 15.9 Å². The van der Waals surface area contributed by atoms with Crippen LogP contribution in [0, 0.1) is 10.5 Å². The van der Waals surface area contributed by atoms with E-state index in [0.29, 0.717) is 5.02 Å². The van der Waals surface area contributed by atoms with E-state index in [1.807, 2.05) is 22.6 Å². The molecule has 1 N–H and O–H groups in total. The minimum absolute atomic E-state index is 0.279. The van der Waals surface area contributed by atoms with Gasteiger partial charge in [0.15, 0.2) is 0 Å². The SMILES string of the molecule is Cc1cc(C(=O)O)cc(I)c1Cl. The summed E-state index contributed by atoms with van der Waals surface area (Å²) < 4.78 is 0.770. The molecule has 0 heterocycles. The maximum Gasteiger partial charge on any atom is 0.335 e. The minimum Gasteiger partial charge on any atom is -0.478 e. The summed E-state index contributed by atoms with van der Waals surface area (Å²) in [4.78, 5) is 10.6. The first-order chi connectivity index (χ1) is 5.52. The molecular weight excluding hydrogens is 290 g/mol. The maximum absolute atomic E-state index is 10.6. The molecule has 2 nitrogen and oxygen atoms in total. The van der Waals surface area contributed by atoms with E-state index in [1.165, 1.54) is 0 Å². The highest BCUT2D eigenvalue weighted by Gasteiger charge is 2.08. The van der Waals surface area contributed by atoms with Crippen molar-refractivity contribution in [1.82, 2.24) is 0 Å². The van der Waals surface area contributed by atoms with Crippen molar-refractivity contribution in [3.63, 3.8) is 0 Å². The molecule has 0 atom stereocenters. The Morgan fingerprint density at radius 2 is 2.17 bits per heavy atom. The molecule has 0 radical (unpaired) electrons. The standard InChI is InChI=1S/C8H6ClIO2/c1-4-2-5(8(11)12)3-6(10)7(4)9/h2-3H,1H3,(H,11,12). The van der Waals surface area contributed by atoms with E-state index in [2.05, 4.69) is 0 Å². The molecule has 0 saturated carbocycles. The third-order valence-corrected chi connectivity index (χ3v) is 3.13. The molecule has 0 aliphatic rings. The van der Waals surface area contributed by atoms with Crippen LogP contribution < -0.4 is 0 Å². The van der Waals surface area contributed by atoms with E-state index in [4.69, 9.17) is 16.7 Å². The predicted molar refractivity (Wildman–Crippen MR) is 55.9 cm³/mol.